The largest absolute Gasteiger partial charge is 0.490 e. The first-order chi connectivity index (χ1) is 14.0. The highest BCUT2D eigenvalue weighted by atomic mass is 19.4. The number of carboxylic acids is 1. The molecule has 1 unspecified atom stereocenters. The molecule has 1 aromatic heterocycles. The number of aliphatic carboxylic acids is 1. The summed E-state index contributed by atoms with van der Waals surface area (Å²) in [6.07, 6.45) is -1.41. The average molecular weight is 432 g/mol. The van der Waals surface area contributed by atoms with E-state index in [1.165, 1.54) is 0 Å². The Morgan fingerprint density at radius 2 is 1.97 bits per heavy atom. The molecule has 0 radical (unpaired) electrons. The van der Waals surface area contributed by atoms with Gasteiger partial charge < -0.3 is 19.2 Å². The lowest BCUT2D eigenvalue weighted by atomic mass is 9.82. The number of ether oxygens (including phenoxy) is 1. The zero-order valence-corrected chi connectivity index (χ0v) is 17.1. The molecule has 0 bridgehead atoms. The van der Waals surface area contributed by atoms with Crippen LogP contribution in [0.4, 0.5) is 13.2 Å². The van der Waals surface area contributed by atoms with Crippen molar-refractivity contribution in [2.45, 2.75) is 51.1 Å². The van der Waals surface area contributed by atoms with Gasteiger partial charge in [0.15, 0.2) is 0 Å². The van der Waals surface area contributed by atoms with Crippen molar-refractivity contribution < 1.29 is 37.0 Å². The summed E-state index contributed by atoms with van der Waals surface area (Å²) in [5.74, 6) is -0.722. The normalized spacial score (nSPS) is 21.8. The number of piperidine rings is 1. The van der Waals surface area contributed by atoms with Crippen LogP contribution in [0, 0.1) is 6.92 Å². The van der Waals surface area contributed by atoms with E-state index in [-0.39, 0.29) is 24.2 Å². The number of halogens is 3. The monoisotopic (exact) mass is 432 g/mol. The number of morpholine rings is 1. The van der Waals surface area contributed by atoms with Crippen LogP contribution in [0.25, 0.3) is 0 Å². The maximum absolute atomic E-state index is 12.1. The molecule has 0 aromatic carbocycles. The summed E-state index contributed by atoms with van der Waals surface area (Å²) >= 11 is 0. The molecule has 0 saturated carbocycles. The zero-order valence-electron chi connectivity index (χ0n) is 17.1. The predicted octanol–water partition coefficient (Wildman–Crippen LogP) is 2.99. The lowest BCUT2D eigenvalue weighted by molar-refractivity contribution is -0.192. The molecule has 1 spiro atoms. The van der Waals surface area contributed by atoms with E-state index in [4.69, 9.17) is 19.1 Å². The maximum atomic E-state index is 12.1. The number of carbonyl (C=O) groups is 2. The fourth-order valence-electron chi connectivity index (χ4n) is 3.75. The number of amides is 1. The van der Waals surface area contributed by atoms with E-state index in [1.807, 2.05) is 24.0 Å². The van der Waals surface area contributed by atoms with E-state index in [0.717, 1.165) is 44.0 Å². The van der Waals surface area contributed by atoms with E-state index >= 15 is 0 Å². The molecule has 2 saturated heterocycles. The van der Waals surface area contributed by atoms with E-state index in [1.54, 1.807) is 6.08 Å². The molecule has 2 aliphatic rings. The third-order valence-corrected chi connectivity index (χ3v) is 5.48. The summed E-state index contributed by atoms with van der Waals surface area (Å²) in [7, 11) is 0. The lowest BCUT2D eigenvalue weighted by Crippen LogP contribution is -2.63. The van der Waals surface area contributed by atoms with Crippen LogP contribution in [0.5, 0.6) is 0 Å². The number of aryl methyl sites for hydroxylation is 1. The highest BCUT2D eigenvalue weighted by Crippen LogP contribution is 2.36. The Balaban J connectivity index is 0.000000396. The molecule has 1 N–H and O–H groups in total. The zero-order chi connectivity index (χ0) is 22.5. The first kappa shape index (κ1) is 23.9. The number of hydrogen-bond donors (Lipinski definition) is 1. The average Bonchev–Trinajstić information content (AvgIpc) is 3.08. The Kier molecular flexibility index (Phi) is 7.70. The number of nitrogens with zero attached hydrogens (tertiary/aromatic N) is 2. The van der Waals surface area contributed by atoms with Crippen LogP contribution in [-0.4, -0.2) is 70.8 Å². The van der Waals surface area contributed by atoms with Crippen molar-refractivity contribution in [3.05, 3.63) is 36.3 Å². The third-order valence-electron chi connectivity index (χ3n) is 5.48. The van der Waals surface area contributed by atoms with Gasteiger partial charge in [-0.2, -0.15) is 13.2 Å². The van der Waals surface area contributed by atoms with Crippen LogP contribution in [0.2, 0.25) is 0 Å². The van der Waals surface area contributed by atoms with Crippen molar-refractivity contribution >= 4 is 11.9 Å². The number of alkyl halides is 3. The van der Waals surface area contributed by atoms with Gasteiger partial charge in [-0.25, -0.2) is 4.79 Å². The van der Waals surface area contributed by atoms with Gasteiger partial charge in [0.1, 0.15) is 18.1 Å². The molecule has 3 rings (SSSR count). The Bertz CT molecular complexity index is 754. The SMILES string of the molecule is C=CCN1C(=O)COC2(CCN(Cc3ccc(C)o3)CC2)C1C.O=C(O)C(F)(F)F. The molecule has 10 heteroatoms. The predicted molar refractivity (Wildman–Crippen MR) is 102 cm³/mol. The summed E-state index contributed by atoms with van der Waals surface area (Å²) in [6, 6.07) is 4.14. The van der Waals surface area contributed by atoms with E-state index in [2.05, 4.69) is 18.4 Å². The second-order valence-corrected chi connectivity index (χ2v) is 7.46. The number of likely N-dealkylation sites (tertiary alicyclic amines) is 1. The van der Waals surface area contributed by atoms with Crippen molar-refractivity contribution in [3.63, 3.8) is 0 Å². The van der Waals surface area contributed by atoms with Crippen LogP contribution in [0.3, 0.4) is 0 Å². The second-order valence-electron chi connectivity index (χ2n) is 7.46. The highest BCUT2D eigenvalue weighted by molar-refractivity contribution is 5.79. The Morgan fingerprint density at radius 3 is 2.43 bits per heavy atom. The summed E-state index contributed by atoms with van der Waals surface area (Å²) < 4.78 is 43.4. The van der Waals surface area contributed by atoms with Crippen molar-refractivity contribution in [2.24, 2.45) is 0 Å². The van der Waals surface area contributed by atoms with Crippen LogP contribution in [0.15, 0.2) is 29.2 Å². The minimum atomic E-state index is -5.08. The van der Waals surface area contributed by atoms with Gasteiger partial charge in [0.25, 0.3) is 0 Å². The molecule has 1 amide bonds. The van der Waals surface area contributed by atoms with Crippen LogP contribution in [0.1, 0.15) is 31.3 Å². The second kappa shape index (κ2) is 9.65. The fraction of sp³-hybridized carbons (Fsp3) is 0.600. The minimum Gasteiger partial charge on any atom is -0.475 e. The molecule has 2 fully saturated rings. The van der Waals surface area contributed by atoms with Crippen molar-refractivity contribution in [1.29, 1.82) is 0 Å². The molecular formula is C20H27F3N2O5. The van der Waals surface area contributed by atoms with E-state index in [9.17, 15) is 18.0 Å². The third kappa shape index (κ3) is 5.85. The molecule has 30 heavy (non-hydrogen) atoms. The molecule has 3 heterocycles. The fourth-order valence-corrected chi connectivity index (χ4v) is 3.75. The van der Waals surface area contributed by atoms with Crippen molar-refractivity contribution in [2.75, 3.05) is 26.2 Å². The first-order valence-electron chi connectivity index (χ1n) is 9.60. The van der Waals surface area contributed by atoms with Gasteiger partial charge in [-0.1, -0.05) is 6.08 Å². The summed E-state index contributed by atoms with van der Waals surface area (Å²) in [5, 5.41) is 7.12. The molecular weight excluding hydrogens is 405 g/mol. The van der Waals surface area contributed by atoms with Gasteiger partial charge in [-0.3, -0.25) is 9.69 Å². The molecule has 7 nitrogen and oxygen atoms in total. The van der Waals surface area contributed by atoms with Gasteiger partial charge >= 0.3 is 12.1 Å². The Labute approximate surface area is 173 Å². The van der Waals surface area contributed by atoms with Crippen LogP contribution >= 0.6 is 0 Å². The highest BCUT2D eigenvalue weighted by Gasteiger charge is 2.47. The molecule has 0 aliphatic carbocycles. The molecule has 1 atom stereocenters. The maximum Gasteiger partial charge on any atom is 0.490 e. The smallest absolute Gasteiger partial charge is 0.475 e. The van der Waals surface area contributed by atoms with Crippen molar-refractivity contribution in [3.8, 4) is 0 Å². The van der Waals surface area contributed by atoms with Gasteiger partial charge in [-0.15, -0.1) is 6.58 Å². The number of hydrogen-bond acceptors (Lipinski definition) is 5. The van der Waals surface area contributed by atoms with Gasteiger partial charge in [0.2, 0.25) is 5.91 Å². The first-order valence-corrected chi connectivity index (χ1v) is 9.60. The van der Waals surface area contributed by atoms with Crippen molar-refractivity contribution in [1.82, 2.24) is 9.80 Å². The molecule has 168 valence electrons. The summed E-state index contributed by atoms with van der Waals surface area (Å²) in [5.41, 5.74) is -0.216. The van der Waals surface area contributed by atoms with Gasteiger partial charge in [-0.05, 0) is 38.8 Å². The number of rotatable bonds is 4. The molecule has 2 aliphatic heterocycles. The van der Waals surface area contributed by atoms with Gasteiger partial charge in [0.05, 0.1) is 18.2 Å². The Morgan fingerprint density at radius 1 is 1.37 bits per heavy atom. The summed E-state index contributed by atoms with van der Waals surface area (Å²) in [4.78, 5) is 25.3. The van der Waals surface area contributed by atoms with Gasteiger partial charge in [0, 0.05) is 19.6 Å². The lowest BCUT2D eigenvalue weighted by Gasteiger charge is -2.51. The van der Waals surface area contributed by atoms with Crippen LogP contribution < -0.4 is 0 Å². The topological polar surface area (TPSA) is 83.2 Å². The minimum absolute atomic E-state index is 0.0662. The molecule has 1 aromatic rings. The number of carbonyl (C=O) groups excluding carboxylic acids is 1. The number of carboxylic acid groups (broad SMARTS) is 1. The van der Waals surface area contributed by atoms with E-state index in [0.29, 0.717) is 6.54 Å². The van der Waals surface area contributed by atoms with Crippen LogP contribution in [-0.2, 0) is 20.9 Å². The van der Waals surface area contributed by atoms with E-state index < -0.39 is 12.1 Å². The Hall–Kier alpha value is -2.33. The standard InChI is InChI=1S/C18H26N2O3.C2HF3O2/c1-4-9-20-15(3)18(22-13-17(20)21)7-10-19(11-8-18)12-16-6-5-14(2)23-16;3-2(4,5)1(6)7/h4-6,15H,1,7-13H2,2-3H3;(H,6,7). The quantitative estimate of drug-likeness (QED) is 0.737. The number of furan rings is 1. The summed E-state index contributed by atoms with van der Waals surface area (Å²) in [6.45, 7) is 11.4.